The molecule has 9 atom stereocenters. The van der Waals surface area contributed by atoms with E-state index in [9.17, 15) is 19.2 Å². The second-order valence-electron chi connectivity index (χ2n) is 11.2. The van der Waals surface area contributed by atoms with Crippen LogP contribution in [-0.2, 0) is 33.4 Å². The van der Waals surface area contributed by atoms with E-state index in [1.165, 1.54) is 20.8 Å². The van der Waals surface area contributed by atoms with E-state index in [4.69, 9.17) is 14.2 Å². The monoisotopic (exact) mass is 448 g/mol. The Morgan fingerprint density at radius 2 is 1.47 bits per heavy atom. The van der Waals surface area contributed by atoms with Crippen LogP contribution in [0.2, 0.25) is 0 Å². The molecule has 0 aromatic rings. The Morgan fingerprint density at radius 3 is 2.09 bits per heavy atom. The molecule has 0 amide bonds. The van der Waals surface area contributed by atoms with Gasteiger partial charge in [0.15, 0.2) is 0 Å². The van der Waals surface area contributed by atoms with Crippen LogP contribution in [0.1, 0.15) is 79.6 Å². The first-order valence-electron chi connectivity index (χ1n) is 12.0. The molecule has 7 nitrogen and oxygen atoms in total. The second-order valence-corrected chi connectivity index (χ2v) is 11.2. The molecule has 0 aliphatic heterocycles. The minimum Gasteiger partial charge on any atom is -0.463 e. The number of ketones is 1. The molecule has 4 rings (SSSR count). The molecule has 0 radical (unpaired) electrons. The van der Waals surface area contributed by atoms with Crippen LogP contribution in [0.5, 0.6) is 0 Å². The van der Waals surface area contributed by atoms with Gasteiger partial charge in [-0.15, -0.1) is 0 Å². The van der Waals surface area contributed by atoms with E-state index in [-0.39, 0.29) is 76.5 Å². The normalized spacial score (nSPS) is 45.2. The van der Waals surface area contributed by atoms with Gasteiger partial charge in [0.2, 0.25) is 0 Å². The molecule has 4 aliphatic rings. The van der Waals surface area contributed by atoms with E-state index in [0.29, 0.717) is 25.7 Å². The highest BCUT2D eigenvalue weighted by molar-refractivity contribution is 5.80. The zero-order chi connectivity index (χ0) is 23.4. The summed E-state index contributed by atoms with van der Waals surface area (Å²) in [7, 11) is 0. The van der Waals surface area contributed by atoms with Crippen LogP contribution in [0, 0.1) is 34.5 Å². The number of hydrogen-bond acceptors (Lipinski definition) is 7. The van der Waals surface area contributed by atoms with Crippen molar-refractivity contribution in [3.8, 4) is 0 Å². The van der Waals surface area contributed by atoms with Crippen molar-refractivity contribution in [1.29, 1.82) is 0 Å². The number of hydrogen-bond donors (Lipinski definition) is 0. The summed E-state index contributed by atoms with van der Waals surface area (Å²) in [6.07, 6.45) is 3.80. The first-order chi connectivity index (χ1) is 14.9. The van der Waals surface area contributed by atoms with Gasteiger partial charge in [0.05, 0.1) is 0 Å². The van der Waals surface area contributed by atoms with Crippen LogP contribution in [0.4, 0.5) is 0 Å². The van der Waals surface area contributed by atoms with Crippen molar-refractivity contribution >= 4 is 23.7 Å². The highest BCUT2D eigenvalue weighted by Crippen LogP contribution is 2.67. The van der Waals surface area contributed by atoms with E-state index in [1.54, 1.807) is 0 Å². The Bertz CT molecular complexity index is 821. The molecule has 32 heavy (non-hydrogen) atoms. The number of carbonyl (C=O) groups is 4. The summed E-state index contributed by atoms with van der Waals surface area (Å²) < 4.78 is 17.4. The maximum atomic E-state index is 12.4. The average Bonchev–Trinajstić information content (AvgIpc) is 2.96. The summed E-state index contributed by atoms with van der Waals surface area (Å²) in [5, 5.41) is 0. The maximum Gasteiger partial charge on any atom is 0.302 e. The quantitative estimate of drug-likeness (QED) is 0.481. The molecule has 0 spiro atoms. The van der Waals surface area contributed by atoms with Crippen molar-refractivity contribution in [3.63, 3.8) is 0 Å². The Morgan fingerprint density at radius 1 is 0.844 bits per heavy atom. The van der Waals surface area contributed by atoms with Gasteiger partial charge >= 0.3 is 17.9 Å². The zero-order valence-electron chi connectivity index (χ0n) is 19.8. The topological polar surface area (TPSA) is 96.0 Å². The standard InChI is InChI=1S/C25H36O7/c1-13(26)30-17-9-19-18-10-21(31-14(2)27)20-8-16(29)6-7-25(20,5)23(18)22(32-15(3)28)12-24(19,4)11-17/h17-23H,6-12H2,1-5H3/t17-,18+,19+,20-,21-,22-,23-,24+,25+/m1/s1. The predicted molar refractivity (Wildman–Crippen MR) is 114 cm³/mol. The highest BCUT2D eigenvalue weighted by Gasteiger charge is 2.66. The molecule has 7 heteroatoms. The van der Waals surface area contributed by atoms with E-state index in [0.717, 1.165) is 19.3 Å². The SMILES string of the molecule is CC(=O)O[C@@H]1C[C@H]2[C@@H]3C[C@@H](OC(C)=O)[C@H]4CC(=O)CC[C@]4(C)[C@H]3[C@H](OC(C)=O)C[C@]2(C)C1. The molecule has 4 aliphatic carbocycles. The predicted octanol–water partition coefficient (Wildman–Crippen LogP) is 3.61. The summed E-state index contributed by atoms with van der Waals surface area (Å²) in [4.78, 5) is 48.2. The molecule has 4 saturated carbocycles. The molecule has 0 aromatic carbocycles. The van der Waals surface area contributed by atoms with Gasteiger partial charge in [-0.3, -0.25) is 19.2 Å². The van der Waals surface area contributed by atoms with Gasteiger partial charge in [0.25, 0.3) is 0 Å². The third-order valence-electron chi connectivity index (χ3n) is 9.07. The van der Waals surface area contributed by atoms with Crippen molar-refractivity contribution in [3.05, 3.63) is 0 Å². The molecular weight excluding hydrogens is 412 g/mol. The van der Waals surface area contributed by atoms with Crippen LogP contribution in [0.25, 0.3) is 0 Å². The van der Waals surface area contributed by atoms with Crippen molar-refractivity contribution in [2.24, 2.45) is 34.5 Å². The van der Waals surface area contributed by atoms with Crippen LogP contribution >= 0.6 is 0 Å². The lowest BCUT2D eigenvalue weighted by Crippen LogP contribution is -2.62. The molecule has 0 N–H and O–H groups in total. The lowest BCUT2D eigenvalue weighted by atomic mass is 9.44. The lowest BCUT2D eigenvalue weighted by Gasteiger charge is -2.62. The summed E-state index contributed by atoms with van der Waals surface area (Å²) in [6, 6.07) is 0. The van der Waals surface area contributed by atoms with Crippen molar-refractivity contribution in [2.45, 2.75) is 97.9 Å². The van der Waals surface area contributed by atoms with E-state index >= 15 is 0 Å². The lowest BCUT2D eigenvalue weighted by molar-refractivity contribution is -0.214. The largest absolute Gasteiger partial charge is 0.463 e. The minimum absolute atomic E-state index is 0.0676. The highest BCUT2D eigenvalue weighted by atomic mass is 16.6. The van der Waals surface area contributed by atoms with Gasteiger partial charge in [-0.2, -0.15) is 0 Å². The van der Waals surface area contributed by atoms with Gasteiger partial charge in [-0.05, 0) is 54.8 Å². The van der Waals surface area contributed by atoms with Crippen LogP contribution in [0.3, 0.4) is 0 Å². The molecule has 0 saturated heterocycles. The molecule has 178 valence electrons. The van der Waals surface area contributed by atoms with Crippen LogP contribution in [-0.4, -0.2) is 42.0 Å². The Kier molecular flexibility index (Phi) is 5.91. The molecule has 0 bridgehead atoms. The zero-order valence-corrected chi connectivity index (χ0v) is 19.8. The molecule has 4 fully saturated rings. The summed E-state index contributed by atoms with van der Waals surface area (Å²) in [6.45, 7) is 8.74. The van der Waals surface area contributed by atoms with E-state index in [1.807, 2.05) is 0 Å². The summed E-state index contributed by atoms with van der Waals surface area (Å²) in [5.41, 5.74) is -0.395. The summed E-state index contributed by atoms with van der Waals surface area (Å²) in [5.74, 6) is -0.220. The smallest absolute Gasteiger partial charge is 0.302 e. The number of esters is 3. The Balaban J connectivity index is 1.75. The molecular formula is C25H36O7. The van der Waals surface area contributed by atoms with Crippen molar-refractivity contribution < 1.29 is 33.4 Å². The minimum atomic E-state index is -0.326. The van der Waals surface area contributed by atoms with Crippen LogP contribution in [0.15, 0.2) is 0 Å². The maximum absolute atomic E-state index is 12.4. The van der Waals surface area contributed by atoms with Gasteiger partial charge in [-0.25, -0.2) is 0 Å². The molecule has 0 aromatic heterocycles. The fourth-order valence-corrected chi connectivity index (χ4v) is 8.16. The third kappa shape index (κ3) is 3.96. The number of fused-ring (bicyclic) bond motifs is 5. The van der Waals surface area contributed by atoms with Crippen molar-refractivity contribution in [1.82, 2.24) is 0 Å². The second kappa shape index (κ2) is 8.14. The van der Waals surface area contributed by atoms with Gasteiger partial charge < -0.3 is 14.2 Å². The van der Waals surface area contributed by atoms with Crippen molar-refractivity contribution in [2.75, 3.05) is 0 Å². The van der Waals surface area contributed by atoms with Gasteiger partial charge in [0, 0.05) is 45.4 Å². The first-order valence-corrected chi connectivity index (χ1v) is 12.0. The molecule has 0 unspecified atom stereocenters. The number of ether oxygens (including phenoxy) is 3. The van der Waals surface area contributed by atoms with Gasteiger partial charge in [0.1, 0.15) is 24.1 Å². The first kappa shape index (κ1) is 23.2. The van der Waals surface area contributed by atoms with E-state index < -0.39 is 0 Å². The number of rotatable bonds is 3. The fourth-order valence-electron chi connectivity index (χ4n) is 8.16. The fraction of sp³-hybridized carbons (Fsp3) is 0.840. The average molecular weight is 449 g/mol. The van der Waals surface area contributed by atoms with Gasteiger partial charge in [-0.1, -0.05) is 13.8 Å². The molecule has 0 heterocycles. The van der Waals surface area contributed by atoms with Crippen LogP contribution < -0.4 is 0 Å². The Labute approximate surface area is 189 Å². The number of carbonyl (C=O) groups excluding carboxylic acids is 4. The van der Waals surface area contributed by atoms with E-state index in [2.05, 4.69) is 13.8 Å². The third-order valence-corrected chi connectivity index (χ3v) is 9.07. The Hall–Kier alpha value is -1.92. The summed E-state index contributed by atoms with van der Waals surface area (Å²) >= 11 is 0. The number of Topliss-reactive ketones (excluding diaryl/α,β-unsaturated/α-hetero) is 1.